The highest BCUT2D eigenvalue weighted by Gasteiger charge is 2.28. The summed E-state index contributed by atoms with van der Waals surface area (Å²) < 4.78 is 4.58. The van der Waals surface area contributed by atoms with Crippen LogP contribution in [0.3, 0.4) is 0 Å². The zero-order valence-corrected chi connectivity index (χ0v) is 8.72. The van der Waals surface area contributed by atoms with Crippen molar-refractivity contribution in [2.24, 2.45) is 0 Å². The standard InChI is InChI=1S/C9H16N2O3/c1-9(2,3)11-8(13)14-7(12)6-4-5-10-6/h6,10H,4-5H2,1-3H3,(H,11,13). The van der Waals surface area contributed by atoms with E-state index in [1.54, 1.807) is 0 Å². The lowest BCUT2D eigenvalue weighted by molar-refractivity contribution is -0.141. The van der Waals surface area contributed by atoms with Gasteiger partial charge in [0.2, 0.25) is 0 Å². The quantitative estimate of drug-likeness (QED) is 0.475. The molecule has 0 radical (unpaired) electrons. The van der Waals surface area contributed by atoms with Crippen molar-refractivity contribution in [3.63, 3.8) is 0 Å². The average Bonchev–Trinajstić information content (AvgIpc) is 1.75. The zero-order valence-electron chi connectivity index (χ0n) is 8.72. The number of hydrogen-bond donors (Lipinski definition) is 2. The Balaban J connectivity index is 2.29. The van der Waals surface area contributed by atoms with Gasteiger partial charge in [0, 0.05) is 5.54 Å². The number of nitrogens with one attached hydrogen (secondary N) is 2. The maximum atomic E-state index is 11.2. The third-order valence-electron chi connectivity index (χ3n) is 1.78. The van der Waals surface area contributed by atoms with Gasteiger partial charge in [-0.1, -0.05) is 0 Å². The molecule has 0 aromatic carbocycles. The molecule has 1 atom stereocenters. The monoisotopic (exact) mass is 200 g/mol. The van der Waals surface area contributed by atoms with Crippen LogP contribution in [0.5, 0.6) is 0 Å². The van der Waals surface area contributed by atoms with Crippen LogP contribution in [-0.2, 0) is 9.53 Å². The van der Waals surface area contributed by atoms with Crippen molar-refractivity contribution in [3.8, 4) is 0 Å². The second-order valence-electron chi connectivity index (χ2n) is 4.38. The van der Waals surface area contributed by atoms with Crippen LogP contribution in [0.4, 0.5) is 4.79 Å². The number of alkyl carbamates (subject to hydrolysis) is 1. The minimum Gasteiger partial charge on any atom is -0.375 e. The fraction of sp³-hybridized carbons (Fsp3) is 0.778. The van der Waals surface area contributed by atoms with E-state index in [-0.39, 0.29) is 11.6 Å². The number of hydrogen-bond acceptors (Lipinski definition) is 4. The van der Waals surface area contributed by atoms with E-state index in [0.717, 1.165) is 13.0 Å². The summed E-state index contributed by atoms with van der Waals surface area (Å²) in [6.07, 6.45) is 0.0537. The van der Waals surface area contributed by atoms with Crippen molar-refractivity contribution in [1.29, 1.82) is 0 Å². The van der Waals surface area contributed by atoms with Crippen molar-refractivity contribution in [2.75, 3.05) is 6.54 Å². The molecule has 1 heterocycles. The van der Waals surface area contributed by atoms with E-state index in [1.165, 1.54) is 0 Å². The van der Waals surface area contributed by atoms with Crippen molar-refractivity contribution in [2.45, 2.75) is 38.8 Å². The first-order valence-electron chi connectivity index (χ1n) is 4.66. The fourth-order valence-electron chi connectivity index (χ4n) is 0.984. The van der Waals surface area contributed by atoms with Crippen molar-refractivity contribution < 1.29 is 14.3 Å². The molecular formula is C9H16N2O3. The average molecular weight is 200 g/mol. The Labute approximate surface area is 83.2 Å². The first-order chi connectivity index (χ1) is 6.38. The highest BCUT2D eigenvalue weighted by Crippen LogP contribution is 2.05. The van der Waals surface area contributed by atoms with Gasteiger partial charge in [-0.05, 0) is 33.7 Å². The number of ether oxygens (including phenoxy) is 1. The highest BCUT2D eigenvalue weighted by molar-refractivity contribution is 5.88. The third kappa shape index (κ3) is 3.33. The molecule has 0 aromatic rings. The molecule has 1 aliphatic heterocycles. The van der Waals surface area contributed by atoms with Crippen molar-refractivity contribution in [3.05, 3.63) is 0 Å². The summed E-state index contributed by atoms with van der Waals surface area (Å²) in [6.45, 7) is 6.27. The molecule has 0 bridgehead atoms. The largest absolute Gasteiger partial charge is 0.415 e. The molecular weight excluding hydrogens is 184 g/mol. The summed E-state index contributed by atoms with van der Waals surface area (Å²) in [6, 6.07) is -0.305. The Kier molecular flexibility index (Phi) is 3.10. The lowest BCUT2D eigenvalue weighted by Crippen LogP contribution is -2.51. The Hall–Kier alpha value is -1.10. The second-order valence-corrected chi connectivity index (χ2v) is 4.38. The van der Waals surface area contributed by atoms with Crippen LogP contribution in [0, 0.1) is 0 Å². The molecule has 0 aliphatic carbocycles. The predicted octanol–water partition coefficient (Wildman–Crippen LogP) is 0.400. The second kappa shape index (κ2) is 3.96. The first kappa shape index (κ1) is 11.0. The van der Waals surface area contributed by atoms with Gasteiger partial charge in [0.1, 0.15) is 6.04 Å². The van der Waals surface area contributed by atoms with E-state index < -0.39 is 12.1 Å². The molecule has 0 spiro atoms. The summed E-state index contributed by atoms with van der Waals surface area (Å²) >= 11 is 0. The smallest absolute Gasteiger partial charge is 0.375 e. The molecule has 1 aliphatic rings. The molecule has 1 saturated heterocycles. The van der Waals surface area contributed by atoms with Gasteiger partial charge >= 0.3 is 12.1 Å². The SMILES string of the molecule is CC(C)(C)NC(=O)OC(=O)C1CCN1. The van der Waals surface area contributed by atoms with Gasteiger partial charge in [0.05, 0.1) is 0 Å². The summed E-state index contributed by atoms with van der Waals surface area (Å²) in [5.41, 5.74) is -0.385. The number of amides is 1. The fourth-order valence-corrected chi connectivity index (χ4v) is 0.984. The Morgan fingerprint density at radius 1 is 1.43 bits per heavy atom. The maximum absolute atomic E-state index is 11.2. The van der Waals surface area contributed by atoms with E-state index in [2.05, 4.69) is 15.4 Å². The molecule has 1 fully saturated rings. The van der Waals surface area contributed by atoms with E-state index in [4.69, 9.17) is 0 Å². The zero-order chi connectivity index (χ0) is 10.8. The highest BCUT2D eigenvalue weighted by atomic mass is 16.6. The van der Waals surface area contributed by atoms with Crippen molar-refractivity contribution in [1.82, 2.24) is 10.6 Å². The Bertz CT molecular complexity index is 241. The number of carbonyl (C=O) groups is 2. The van der Waals surface area contributed by atoms with Gasteiger partial charge in [-0.15, -0.1) is 0 Å². The molecule has 0 saturated carbocycles. The van der Waals surface area contributed by atoms with Crippen molar-refractivity contribution >= 4 is 12.1 Å². The van der Waals surface area contributed by atoms with Gasteiger partial charge in [0.25, 0.3) is 0 Å². The molecule has 14 heavy (non-hydrogen) atoms. The Morgan fingerprint density at radius 3 is 2.36 bits per heavy atom. The number of rotatable bonds is 1. The first-order valence-corrected chi connectivity index (χ1v) is 4.66. The summed E-state index contributed by atoms with van der Waals surface area (Å²) in [4.78, 5) is 22.3. The minimum atomic E-state index is -0.684. The predicted molar refractivity (Wildman–Crippen MR) is 50.8 cm³/mol. The van der Waals surface area contributed by atoms with E-state index in [1.807, 2.05) is 20.8 Å². The van der Waals surface area contributed by atoms with Crippen LogP contribution >= 0.6 is 0 Å². The van der Waals surface area contributed by atoms with Gasteiger partial charge in [-0.2, -0.15) is 0 Å². The summed E-state index contributed by atoms with van der Waals surface area (Å²) in [5.74, 6) is -0.502. The van der Waals surface area contributed by atoms with Gasteiger partial charge in [-0.3, -0.25) is 0 Å². The molecule has 2 N–H and O–H groups in total. The van der Waals surface area contributed by atoms with E-state index >= 15 is 0 Å². The van der Waals surface area contributed by atoms with Crippen LogP contribution in [0.25, 0.3) is 0 Å². The summed E-state index contributed by atoms with van der Waals surface area (Å²) in [7, 11) is 0. The maximum Gasteiger partial charge on any atom is 0.415 e. The minimum absolute atomic E-state index is 0.305. The van der Waals surface area contributed by atoms with Gasteiger partial charge < -0.3 is 15.4 Å². The summed E-state index contributed by atoms with van der Waals surface area (Å²) in [5, 5.41) is 5.40. The van der Waals surface area contributed by atoms with Gasteiger partial charge in [0.15, 0.2) is 0 Å². The van der Waals surface area contributed by atoms with Crippen LogP contribution in [-0.4, -0.2) is 30.2 Å². The normalized spacial score (nSPS) is 20.9. The van der Waals surface area contributed by atoms with E-state index in [9.17, 15) is 9.59 Å². The number of esters is 1. The molecule has 1 rings (SSSR count). The number of carbonyl (C=O) groups excluding carboxylic acids is 2. The molecule has 1 amide bonds. The Morgan fingerprint density at radius 2 is 2.00 bits per heavy atom. The molecule has 80 valence electrons. The molecule has 0 aromatic heterocycles. The van der Waals surface area contributed by atoms with Crippen LogP contribution in [0.2, 0.25) is 0 Å². The molecule has 5 nitrogen and oxygen atoms in total. The molecule has 5 heteroatoms. The van der Waals surface area contributed by atoms with Crippen LogP contribution in [0.1, 0.15) is 27.2 Å². The van der Waals surface area contributed by atoms with Crippen LogP contribution in [0.15, 0.2) is 0 Å². The topological polar surface area (TPSA) is 67.4 Å². The molecule has 1 unspecified atom stereocenters. The van der Waals surface area contributed by atoms with Crippen LogP contribution < -0.4 is 10.6 Å². The van der Waals surface area contributed by atoms with E-state index in [0.29, 0.717) is 0 Å². The third-order valence-corrected chi connectivity index (χ3v) is 1.78. The van der Waals surface area contributed by atoms with Gasteiger partial charge in [-0.25, -0.2) is 9.59 Å². The lowest BCUT2D eigenvalue weighted by Gasteiger charge is -2.26. The lowest BCUT2D eigenvalue weighted by atomic mass is 10.1.